The number of aromatic carboxylic acids is 1. The Labute approximate surface area is 126 Å². The van der Waals surface area contributed by atoms with E-state index in [1.165, 1.54) is 19.5 Å². The first-order valence-electron chi connectivity index (χ1n) is 5.81. The Bertz CT molecular complexity index is 749. The lowest BCUT2D eigenvalue weighted by Crippen LogP contribution is -2.25. The van der Waals surface area contributed by atoms with Crippen molar-refractivity contribution < 1.29 is 23.1 Å². The Morgan fingerprint density at radius 1 is 1.29 bits per heavy atom. The summed E-state index contributed by atoms with van der Waals surface area (Å²) in [7, 11) is -0.840. The number of anilines is 1. The van der Waals surface area contributed by atoms with Crippen molar-refractivity contribution in [2.75, 3.05) is 18.5 Å². The van der Waals surface area contributed by atoms with Crippen molar-refractivity contribution >= 4 is 33.0 Å². The predicted octanol–water partition coefficient (Wildman–Crippen LogP) is 2.28. The summed E-state index contributed by atoms with van der Waals surface area (Å²) in [5, 5.41) is 10.2. The zero-order valence-corrected chi connectivity index (χ0v) is 12.9. The molecule has 21 heavy (non-hydrogen) atoms. The van der Waals surface area contributed by atoms with Gasteiger partial charge in [0.1, 0.15) is 9.96 Å². The van der Waals surface area contributed by atoms with Gasteiger partial charge < -0.3 is 9.84 Å². The lowest BCUT2D eigenvalue weighted by Gasteiger charge is -2.18. The number of ether oxygens (including phenoxy) is 1. The molecule has 2 aromatic rings. The maximum Gasteiger partial charge on any atom is 0.336 e. The highest BCUT2D eigenvalue weighted by Gasteiger charge is 2.24. The highest BCUT2D eigenvalue weighted by atomic mass is 32.2. The van der Waals surface area contributed by atoms with Gasteiger partial charge in [0, 0.05) is 12.4 Å². The maximum absolute atomic E-state index is 12.4. The Balaban J connectivity index is 2.34. The quantitative estimate of drug-likeness (QED) is 0.911. The number of carbonyl (C=O) groups is 1. The van der Waals surface area contributed by atoms with Crippen LogP contribution in [0.2, 0.25) is 0 Å². The van der Waals surface area contributed by atoms with E-state index in [0.29, 0.717) is 11.4 Å². The Kier molecular flexibility index (Phi) is 4.19. The second kappa shape index (κ2) is 5.74. The molecular formula is C13H13NO5S2. The molecule has 6 nitrogen and oxygen atoms in total. The molecule has 0 aliphatic rings. The van der Waals surface area contributed by atoms with Crippen molar-refractivity contribution in [3.8, 4) is 5.75 Å². The predicted molar refractivity (Wildman–Crippen MR) is 79.9 cm³/mol. The second-order valence-corrected chi connectivity index (χ2v) is 7.24. The lowest BCUT2D eigenvalue weighted by molar-refractivity contribution is 0.0697. The Hall–Kier alpha value is -2.06. The number of sulfonamides is 1. The molecule has 0 aliphatic carbocycles. The van der Waals surface area contributed by atoms with Crippen molar-refractivity contribution in [2.45, 2.75) is 4.21 Å². The van der Waals surface area contributed by atoms with Gasteiger partial charge in [-0.1, -0.05) is 0 Å². The lowest BCUT2D eigenvalue weighted by atomic mass is 10.3. The number of carboxylic acid groups (broad SMARTS) is 1. The summed E-state index contributed by atoms with van der Waals surface area (Å²) in [6.07, 6.45) is 0. The molecule has 1 aromatic carbocycles. The average molecular weight is 327 g/mol. The molecule has 0 bridgehead atoms. The first-order valence-corrected chi connectivity index (χ1v) is 8.13. The van der Waals surface area contributed by atoms with Crippen LogP contribution >= 0.6 is 11.3 Å². The molecule has 0 unspecified atom stereocenters. The molecule has 0 aliphatic heterocycles. The van der Waals surface area contributed by atoms with Gasteiger partial charge in [0.05, 0.1) is 18.4 Å². The molecule has 0 radical (unpaired) electrons. The van der Waals surface area contributed by atoms with Gasteiger partial charge in [0.25, 0.3) is 10.0 Å². The normalized spacial score (nSPS) is 11.1. The van der Waals surface area contributed by atoms with Gasteiger partial charge in [-0.05, 0) is 30.3 Å². The van der Waals surface area contributed by atoms with Gasteiger partial charge in [-0.25, -0.2) is 13.2 Å². The minimum atomic E-state index is -3.78. The molecule has 0 spiro atoms. The van der Waals surface area contributed by atoms with Crippen LogP contribution in [0.15, 0.2) is 39.9 Å². The molecule has 0 amide bonds. The fourth-order valence-electron chi connectivity index (χ4n) is 1.63. The molecule has 1 aromatic heterocycles. The van der Waals surface area contributed by atoms with Crippen LogP contribution in [0.25, 0.3) is 0 Å². The van der Waals surface area contributed by atoms with E-state index in [1.807, 2.05) is 0 Å². The number of nitrogens with zero attached hydrogens (tertiary/aromatic N) is 1. The molecule has 0 saturated heterocycles. The smallest absolute Gasteiger partial charge is 0.336 e. The van der Waals surface area contributed by atoms with Gasteiger partial charge in [0.15, 0.2) is 0 Å². The Morgan fingerprint density at radius 2 is 1.90 bits per heavy atom. The van der Waals surface area contributed by atoms with Crippen LogP contribution < -0.4 is 9.04 Å². The number of benzene rings is 1. The van der Waals surface area contributed by atoms with Gasteiger partial charge in [-0.15, -0.1) is 11.3 Å². The van der Waals surface area contributed by atoms with Crippen LogP contribution in [0.3, 0.4) is 0 Å². The third-order valence-corrected chi connectivity index (χ3v) is 6.07. The fourth-order valence-corrected chi connectivity index (χ4v) is 4.15. The van der Waals surface area contributed by atoms with Crippen LogP contribution in [-0.2, 0) is 10.0 Å². The largest absolute Gasteiger partial charge is 0.497 e. The standard InChI is InChI=1S/C13H13NO5S2/c1-14(10-3-5-11(19-2)6-4-10)21(17,18)12-7-9(8-20-12)13(15)16/h3-8H,1-2H3,(H,15,16). The van der Waals surface area contributed by atoms with Crippen LogP contribution in [-0.4, -0.2) is 33.7 Å². The van der Waals surface area contributed by atoms with Crippen molar-refractivity contribution in [1.29, 1.82) is 0 Å². The topological polar surface area (TPSA) is 83.9 Å². The number of hydrogen-bond acceptors (Lipinski definition) is 5. The van der Waals surface area contributed by atoms with E-state index in [0.717, 1.165) is 21.7 Å². The first-order chi connectivity index (χ1) is 9.86. The number of hydrogen-bond donors (Lipinski definition) is 1. The van der Waals surface area contributed by atoms with Crippen LogP contribution in [0.1, 0.15) is 10.4 Å². The summed E-state index contributed by atoms with van der Waals surface area (Å²) < 4.78 is 31.0. The zero-order chi connectivity index (χ0) is 15.6. The maximum atomic E-state index is 12.4. The molecule has 0 fully saturated rings. The van der Waals surface area contributed by atoms with Gasteiger partial charge >= 0.3 is 5.97 Å². The van der Waals surface area contributed by atoms with E-state index < -0.39 is 16.0 Å². The summed E-state index contributed by atoms with van der Waals surface area (Å²) in [5.41, 5.74) is 0.419. The van der Waals surface area contributed by atoms with E-state index in [9.17, 15) is 13.2 Å². The first kappa shape index (κ1) is 15.3. The van der Waals surface area contributed by atoms with Crippen molar-refractivity contribution in [1.82, 2.24) is 0 Å². The van der Waals surface area contributed by atoms with Crippen LogP contribution in [0.4, 0.5) is 5.69 Å². The molecular weight excluding hydrogens is 314 g/mol. The van der Waals surface area contributed by atoms with E-state index in [2.05, 4.69) is 0 Å². The molecule has 2 rings (SSSR count). The van der Waals surface area contributed by atoms with Gasteiger partial charge in [-0.2, -0.15) is 0 Å². The monoisotopic (exact) mass is 327 g/mol. The van der Waals surface area contributed by atoms with Crippen LogP contribution in [0, 0.1) is 0 Å². The second-order valence-electron chi connectivity index (χ2n) is 4.13. The summed E-state index contributed by atoms with van der Waals surface area (Å²) >= 11 is 0.880. The van der Waals surface area contributed by atoms with Crippen molar-refractivity contribution in [3.05, 3.63) is 41.3 Å². The number of methoxy groups -OCH3 is 1. The SMILES string of the molecule is COc1ccc(N(C)S(=O)(=O)c2cc(C(=O)O)cs2)cc1. The van der Waals surface area contributed by atoms with E-state index in [-0.39, 0.29) is 9.77 Å². The van der Waals surface area contributed by atoms with Crippen molar-refractivity contribution in [3.63, 3.8) is 0 Å². The average Bonchev–Trinajstić information content (AvgIpc) is 2.97. The third-order valence-electron chi connectivity index (χ3n) is 2.87. The molecule has 0 atom stereocenters. The molecule has 0 saturated carbocycles. The summed E-state index contributed by atoms with van der Waals surface area (Å²) in [6, 6.07) is 7.68. The van der Waals surface area contributed by atoms with Gasteiger partial charge in [0.2, 0.25) is 0 Å². The van der Waals surface area contributed by atoms with E-state index >= 15 is 0 Å². The fraction of sp³-hybridized carbons (Fsp3) is 0.154. The van der Waals surface area contributed by atoms with Crippen LogP contribution in [0.5, 0.6) is 5.75 Å². The highest BCUT2D eigenvalue weighted by Crippen LogP contribution is 2.28. The van der Waals surface area contributed by atoms with Gasteiger partial charge in [-0.3, -0.25) is 4.31 Å². The number of carboxylic acids is 1. The van der Waals surface area contributed by atoms with E-state index in [4.69, 9.17) is 9.84 Å². The zero-order valence-electron chi connectivity index (χ0n) is 11.3. The summed E-state index contributed by atoms with van der Waals surface area (Å²) in [6.45, 7) is 0. The number of rotatable bonds is 5. The Morgan fingerprint density at radius 3 is 2.38 bits per heavy atom. The summed E-state index contributed by atoms with van der Waals surface area (Å²) in [4.78, 5) is 10.8. The van der Waals surface area contributed by atoms with E-state index in [1.54, 1.807) is 24.3 Å². The molecule has 112 valence electrons. The summed E-state index contributed by atoms with van der Waals surface area (Å²) in [5.74, 6) is -0.534. The molecule has 1 heterocycles. The van der Waals surface area contributed by atoms with Crippen molar-refractivity contribution in [2.24, 2.45) is 0 Å². The minimum Gasteiger partial charge on any atom is -0.497 e. The molecule has 1 N–H and O–H groups in total. The highest BCUT2D eigenvalue weighted by molar-refractivity contribution is 7.94. The molecule has 8 heteroatoms. The third kappa shape index (κ3) is 3.01. The number of thiophene rings is 1. The minimum absolute atomic E-state index is 0.0155.